The Balaban J connectivity index is 1.79. The van der Waals surface area contributed by atoms with Crippen LogP contribution in [0.25, 0.3) is 0 Å². The van der Waals surface area contributed by atoms with Crippen LogP contribution in [0.4, 0.5) is 0 Å². The van der Waals surface area contributed by atoms with Crippen LogP contribution in [0.1, 0.15) is 27.0 Å². The molecule has 0 bridgehead atoms. The van der Waals surface area contributed by atoms with E-state index in [2.05, 4.69) is 10.1 Å². The Hall–Kier alpha value is -2.38. The molecule has 0 aliphatic carbocycles. The number of aliphatic hydroxyl groups is 2. The van der Waals surface area contributed by atoms with E-state index in [1.54, 1.807) is 51.1 Å². The molecule has 2 heterocycles. The number of hydrogen-bond donors (Lipinski definition) is 4. The number of benzene rings is 1. The van der Waals surface area contributed by atoms with Gasteiger partial charge in [-0.25, -0.2) is 9.88 Å². The summed E-state index contributed by atoms with van der Waals surface area (Å²) in [6.45, 7) is 0.907. The number of aromatic amines is 1. The van der Waals surface area contributed by atoms with E-state index in [9.17, 15) is 24.6 Å². The van der Waals surface area contributed by atoms with Crippen LogP contribution in [-0.2, 0) is 30.6 Å². The predicted octanol–water partition coefficient (Wildman–Crippen LogP) is 0.653. The lowest BCUT2D eigenvalue weighted by Gasteiger charge is -2.28. The van der Waals surface area contributed by atoms with Crippen molar-refractivity contribution in [2.45, 2.75) is 51.4 Å². The summed E-state index contributed by atoms with van der Waals surface area (Å²) in [6.07, 6.45) is -2.49. The predicted molar refractivity (Wildman–Crippen MR) is 133 cm³/mol. The number of H-pyrrole nitrogens is 1. The maximum absolute atomic E-state index is 12.4. The first-order chi connectivity index (χ1) is 17.0. The molecule has 1 fully saturated rings. The van der Waals surface area contributed by atoms with Crippen molar-refractivity contribution >= 4 is 24.4 Å². The number of esters is 1. The number of para-hydroxylation sites is 1. The SMILES string of the molecule is CC(C)OC(=O)[C@@H](C)N[P@@](=S)(OC[C@H]1O[C@@H](n2ccc(=O)[nH]c2=O)[C@H](O)[C@@H]1CO)Oc1ccccc1. The molecule has 4 N–H and O–H groups in total. The van der Waals surface area contributed by atoms with Crippen molar-refractivity contribution in [1.29, 1.82) is 0 Å². The Kier molecular flexibility index (Phi) is 9.59. The quantitative estimate of drug-likeness (QED) is 0.233. The molecular weight excluding hydrogens is 513 g/mol. The number of nitrogens with one attached hydrogen (secondary N) is 2. The molecular formula is C22H30N3O9PS. The fraction of sp³-hybridized carbons (Fsp3) is 0.500. The summed E-state index contributed by atoms with van der Waals surface area (Å²) in [5.41, 5.74) is -1.38. The third kappa shape index (κ3) is 7.10. The van der Waals surface area contributed by atoms with Gasteiger partial charge in [0, 0.05) is 18.2 Å². The van der Waals surface area contributed by atoms with E-state index >= 15 is 0 Å². The normalized spacial score (nSPS) is 24.3. The largest absolute Gasteiger partial charge is 0.462 e. The monoisotopic (exact) mass is 543 g/mol. The van der Waals surface area contributed by atoms with E-state index in [0.717, 1.165) is 10.6 Å². The molecule has 198 valence electrons. The first kappa shape index (κ1) is 28.2. The van der Waals surface area contributed by atoms with Crippen LogP contribution >= 0.6 is 6.64 Å². The van der Waals surface area contributed by atoms with Crippen LogP contribution in [0.5, 0.6) is 5.75 Å². The fourth-order valence-electron chi connectivity index (χ4n) is 3.54. The van der Waals surface area contributed by atoms with Crippen molar-refractivity contribution in [3.63, 3.8) is 0 Å². The average molecular weight is 544 g/mol. The van der Waals surface area contributed by atoms with E-state index in [4.69, 9.17) is 30.3 Å². The van der Waals surface area contributed by atoms with Gasteiger partial charge in [0.05, 0.1) is 25.4 Å². The third-order valence-corrected chi connectivity index (χ3v) is 7.79. The standard InChI is InChI=1S/C22H30N3O9PS/c1-13(2)32-21(29)14(3)24-35(36,34-15-7-5-4-6-8-15)31-12-17-16(11-26)19(28)20(33-17)25-10-9-18(27)23-22(25)30/h4-10,13-14,16-17,19-20,26,28H,11-12H2,1-3H3,(H,24,36)(H,23,27,30)/t14-,16-,17-,19-,20-,35-/m1/s1. The second-order valence-corrected chi connectivity index (χ2v) is 11.6. The smallest absolute Gasteiger partial charge is 0.330 e. The molecule has 0 amide bonds. The second-order valence-electron chi connectivity index (χ2n) is 8.45. The van der Waals surface area contributed by atoms with Gasteiger partial charge in [0.2, 0.25) is 0 Å². The Morgan fingerprint density at radius 3 is 2.56 bits per heavy atom. The zero-order chi connectivity index (χ0) is 26.5. The summed E-state index contributed by atoms with van der Waals surface area (Å²) < 4.78 is 24.0. The number of rotatable bonds is 11. The number of aliphatic hydroxyl groups excluding tert-OH is 2. The van der Waals surface area contributed by atoms with E-state index in [-0.39, 0.29) is 12.7 Å². The minimum absolute atomic E-state index is 0.236. The summed E-state index contributed by atoms with van der Waals surface area (Å²) in [4.78, 5) is 38.0. The molecule has 1 aliphatic rings. The molecule has 14 heteroatoms. The summed E-state index contributed by atoms with van der Waals surface area (Å²) in [6, 6.07) is 8.89. The lowest BCUT2D eigenvalue weighted by molar-refractivity contribution is -0.149. The molecule has 0 saturated carbocycles. The number of aromatic nitrogens is 2. The van der Waals surface area contributed by atoms with Gasteiger partial charge in [-0.1, -0.05) is 18.2 Å². The molecule has 0 spiro atoms. The highest BCUT2D eigenvalue weighted by atomic mass is 32.5. The Morgan fingerprint density at radius 2 is 1.94 bits per heavy atom. The van der Waals surface area contributed by atoms with Gasteiger partial charge >= 0.3 is 18.3 Å². The summed E-state index contributed by atoms with van der Waals surface area (Å²) in [5.74, 6) is -0.975. The maximum atomic E-state index is 12.4. The third-order valence-electron chi connectivity index (χ3n) is 5.29. The van der Waals surface area contributed by atoms with Crippen molar-refractivity contribution in [2.75, 3.05) is 13.2 Å². The van der Waals surface area contributed by atoms with E-state index < -0.39 is 60.9 Å². The molecule has 2 aromatic rings. The maximum Gasteiger partial charge on any atom is 0.330 e. The van der Waals surface area contributed by atoms with Gasteiger partial charge in [0.25, 0.3) is 5.56 Å². The van der Waals surface area contributed by atoms with Gasteiger partial charge < -0.3 is 28.7 Å². The minimum atomic E-state index is -3.39. The average Bonchev–Trinajstić information content (AvgIpc) is 3.13. The highest BCUT2D eigenvalue weighted by molar-refractivity contribution is 8.09. The summed E-state index contributed by atoms with van der Waals surface area (Å²) in [5, 5.41) is 23.5. The molecule has 0 unspecified atom stereocenters. The van der Waals surface area contributed by atoms with Crippen LogP contribution in [-0.4, -0.2) is 63.3 Å². The van der Waals surface area contributed by atoms with Crippen LogP contribution in [0.15, 0.2) is 52.2 Å². The molecule has 0 radical (unpaired) electrons. The molecule has 6 atom stereocenters. The van der Waals surface area contributed by atoms with E-state index in [1.165, 1.54) is 6.20 Å². The number of nitrogens with zero attached hydrogens (tertiary/aromatic N) is 1. The van der Waals surface area contributed by atoms with E-state index in [0.29, 0.717) is 5.75 Å². The molecule has 1 aliphatic heterocycles. The molecule has 1 saturated heterocycles. The van der Waals surface area contributed by atoms with Crippen molar-refractivity contribution in [2.24, 2.45) is 5.92 Å². The number of carbonyl (C=O) groups is 1. The highest BCUT2D eigenvalue weighted by Gasteiger charge is 2.45. The van der Waals surface area contributed by atoms with Gasteiger partial charge in [-0.05, 0) is 44.7 Å². The number of hydrogen-bond acceptors (Lipinski definition) is 10. The van der Waals surface area contributed by atoms with Crippen molar-refractivity contribution in [3.05, 3.63) is 63.4 Å². The lowest BCUT2D eigenvalue weighted by atomic mass is 9.99. The zero-order valence-corrected chi connectivity index (χ0v) is 21.7. The number of carbonyl (C=O) groups excluding carboxylic acids is 1. The molecule has 36 heavy (non-hydrogen) atoms. The Morgan fingerprint density at radius 1 is 1.25 bits per heavy atom. The van der Waals surface area contributed by atoms with Gasteiger partial charge in [-0.2, -0.15) is 0 Å². The molecule has 1 aromatic carbocycles. The summed E-state index contributed by atoms with van der Waals surface area (Å²) in [7, 11) is 0. The molecule has 12 nitrogen and oxygen atoms in total. The first-order valence-corrected chi connectivity index (χ1v) is 13.9. The van der Waals surface area contributed by atoms with Gasteiger partial charge in [0.15, 0.2) is 6.23 Å². The van der Waals surface area contributed by atoms with Gasteiger partial charge in [-0.15, -0.1) is 0 Å². The van der Waals surface area contributed by atoms with E-state index in [1.807, 2.05) is 0 Å². The van der Waals surface area contributed by atoms with Crippen molar-refractivity contribution < 1.29 is 33.5 Å². The summed E-state index contributed by atoms with van der Waals surface area (Å²) >= 11 is 5.66. The molecule has 3 rings (SSSR count). The lowest BCUT2D eigenvalue weighted by Crippen LogP contribution is -2.37. The van der Waals surface area contributed by atoms with Crippen LogP contribution in [0, 0.1) is 5.92 Å². The van der Waals surface area contributed by atoms with Gasteiger partial charge in [-0.3, -0.25) is 19.1 Å². The zero-order valence-electron chi connectivity index (χ0n) is 20.0. The minimum Gasteiger partial charge on any atom is -0.462 e. The first-order valence-electron chi connectivity index (χ1n) is 11.3. The fourth-order valence-corrected chi connectivity index (χ4v) is 5.96. The van der Waals surface area contributed by atoms with Crippen molar-refractivity contribution in [1.82, 2.24) is 14.6 Å². The van der Waals surface area contributed by atoms with Crippen LogP contribution in [0.3, 0.4) is 0 Å². The topological polar surface area (TPSA) is 161 Å². The second kappa shape index (κ2) is 12.2. The van der Waals surface area contributed by atoms with Gasteiger partial charge in [0.1, 0.15) is 17.9 Å². The molecule has 1 aromatic heterocycles. The highest BCUT2D eigenvalue weighted by Crippen LogP contribution is 2.46. The van der Waals surface area contributed by atoms with Crippen LogP contribution < -0.4 is 20.9 Å². The number of ether oxygens (including phenoxy) is 2. The van der Waals surface area contributed by atoms with Crippen molar-refractivity contribution in [3.8, 4) is 5.75 Å². The van der Waals surface area contributed by atoms with Crippen LogP contribution in [0.2, 0.25) is 0 Å². The Bertz CT molecular complexity index is 1190. The Labute approximate surface area is 212 Å².